The molecule has 0 amide bonds. The number of hydrogen-bond acceptors (Lipinski definition) is 4. The molecular weight excluding hydrogens is 524 g/mol. The largest absolute Gasteiger partial charge is 0.497 e. The normalized spacial score (nSPS) is 13.2. The van der Waals surface area contributed by atoms with E-state index in [2.05, 4.69) is 69.4 Å². The summed E-state index contributed by atoms with van der Waals surface area (Å²) in [6.45, 7) is 1.91. The van der Waals surface area contributed by atoms with Gasteiger partial charge in [0.25, 0.3) is 0 Å². The average molecular weight is 554 g/mol. The highest BCUT2D eigenvalue weighted by Gasteiger charge is 2.25. The topological polar surface area (TPSA) is 45.5 Å². The minimum atomic E-state index is 0.707. The number of halogens is 1. The average Bonchev–Trinajstić information content (AvgIpc) is 2.97. The second kappa shape index (κ2) is 11.1. The van der Waals surface area contributed by atoms with Crippen molar-refractivity contribution < 1.29 is 9.47 Å². The Bertz CT molecular complexity index is 1420. The Balaban J connectivity index is 1.87. The molecule has 1 aliphatic rings. The summed E-state index contributed by atoms with van der Waals surface area (Å²) in [7, 11) is 3.34. The summed E-state index contributed by atoms with van der Waals surface area (Å²) in [5.41, 5.74) is 7.91. The maximum Gasteiger partial charge on any atom is 0.118 e. The van der Waals surface area contributed by atoms with Gasteiger partial charge in [-0.25, -0.2) is 0 Å². The van der Waals surface area contributed by atoms with Gasteiger partial charge < -0.3 is 14.4 Å². The van der Waals surface area contributed by atoms with Crippen LogP contribution in [-0.4, -0.2) is 27.3 Å². The molecule has 4 aromatic carbocycles. The lowest BCUT2D eigenvalue weighted by Gasteiger charge is -2.32. The Hall–Kier alpha value is -3.75. The molecule has 4 nitrogen and oxygen atoms in total. The zero-order chi connectivity index (χ0) is 25.8. The Morgan fingerprint density at radius 2 is 1.22 bits per heavy atom. The molecule has 0 atom stereocenters. The van der Waals surface area contributed by atoms with Crippen molar-refractivity contribution >= 4 is 21.6 Å². The van der Waals surface area contributed by atoms with Crippen molar-refractivity contribution in [3.05, 3.63) is 88.9 Å². The number of hydrogen-bond donors (Lipinski definition) is 0. The van der Waals surface area contributed by atoms with Gasteiger partial charge in [-0.2, -0.15) is 5.26 Å². The summed E-state index contributed by atoms with van der Waals surface area (Å²) in [6, 6.07) is 29.3. The van der Waals surface area contributed by atoms with E-state index in [1.54, 1.807) is 14.2 Å². The molecular formula is C32H29BrN2O2. The van der Waals surface area contributed by atoms with Gasteiger partial charge >= 0.3 is 0 Å². The molecule has 5 heteroatoms. The predicted molar refractivity (Wildman–Crippen MR) is 154 cm³/mol. The molecule has 0 N–H and O–H groups in total. The standard InChI is InChI=1S/C32H29BrN2O2/c1-36-26-14-8-23(9-15-26)31-28(22-6-12-25(33)13-7-22)20-30(35-18-4-3-5-19-35)29(21-34)32(31)24-10-16-27(37-2)17-11-24/h6-17,20H,3-5,18-19H2,1-2H3. The van der Waals surface area contributed by atoms with Crippen LogP contribution >= 0.6 is 15.9 Å². The van der Waals surface area contributed by atoms with Crippen molar-refractivity contribution in [1.82, 2.24) is 0 Å². The molecule has 0 aromatic heterocycles. The monoisotopic (exact) mass is 552 g/mol. The van der Waals surface area contributed by atoms with Crippen LogP contribution in [0.1, 0.15) is 24.8 Å². The minimum Gasteiger partial charge on any atom is -0.497 e. The molecule has 5 rings (SSSR count). The van der Waals surface area contributed by atoms with E-state index in [0.29, 0.717) is 5.56 Å². The lowest BCUT2D eigenvalue weighted by atomic mass is 9.83. The zero-order valence-electron chi connectivity index (χ0n) is 21.1. The Labute approximate surface area is 227 Å². The Kier molecular flexibility index (Phi) is 7.48. The van der Waals surface area contributed by atoms with E-state index in [9.17, 15) is 5.26 Å². The van der Waals surface area contributed by atoms with E-state index in [4.69, 9.17) is 9.47 Å². The zero-order valence-corrected chi connectivity index (χ0v) is 22.7. The number of anilines is 1. The van der Waals surface area contributed by atoms with Gasteiger partial charge in [0.15, 0.2) is 0 Å². The number of nitrogens with zero attached hydrogens (tertiary/aromatic N) is 2. The maximum absolute atomic E-state index is 10.6. The van der Waals surface area contributed by atoms with Crippen LogP contribution < -0.4 is 14.4 Å². The number of benzene rings is 4. The number of methoxy groups -OCH3 is 2. The van der Waals surface area contributed by atoms with E-state index < -0.39 is 0 Å². The molecule has 0 unspecified atom stereocenters. The molecule has 0 bridgehead atoms. The van der Waals surface area contributed by atoms with Gasteiger partial charge in [-0.1, -0.05) is 52.3 Å². The van der Waals surface area contributed by atoms with Gasteiger partial charge in [-0.3, -0.25) is 0 Å². The number of ether oxygens (including phenoxy) is 2. The van der Waals surface area contributed by atoms with Gasteiger partial charge in [0, 0.05) is 23.1 Å². The fraction of sp³-hybridized carbons (Fsp3) is 0.219. The fourth-order valence-electron chi connectivity index (χ4n) is 5.13. The predicted octanol–water partition coefficient (Wildman–Crippen LogP) is 8.33. The molecule has 186 valence electrons. The van der Waals surface area contributed by atoms with Gasteiger partial charge in [-0.05, 0) is 89.5 Å². The molecule has 1 heterocycles. The molecule has 1 aliphatic heterocycles. The summed E-state index contributed by atoms with van der Waals surface area (Å²) >= 11 is 3.58. The molecule has 0 saturated carbocycles. The second-order valence-corrected chi connectivity index (χ2v) is 10.1. The van der Waals surface area contributed by atoms with Crippen LogP contribution in [0.15, 0.2) is 83.3 Å². The molecule has 1 fully saturated rings. The van der Waals surface area contributed by atoms with E-state index in [0.717, 1.165) is 81.0 Å². The smallest absolute Gasteiger partial charge is 0.118 e. The van der Waals surface area contributed by atoms with Crippen molar-refractivity contribution in [2.24, 2.45) is 0 Å². The van der Waals surface area contributed by atoms with E-state index in [1.165, 1.54) is 6.42 Å². The molecule has 0 spiro atoms. The summed E-state index contributed by atoms with van der Waals surface area (Å²) in [5, 5.41) is 10.6. The molecule has 37 heavy (non-hydrogen) atoms. The third-order valence-electron chi connectivity index (χ3n) is 7.03. The van der Waals surface area contributed by atoms with Crippen LogP contribution in [0.3, 0.4) is 0 Å². The van der Waals surface area contributed by atoms with Crippen molar-refractivity contribution in [1.29, 1.82) is 5.26 Å². The summed E-state index contributed by atoms with van der Waals surface area (Å²) < 4.78 is 11.9. The first-order valence-corrected chi connectivity index (χ1v) is 13.3. The van der Waals surface area contributed by atoms with Crippen LogP contribution in [0, 0.1) is 11.3 Å². The van der Waals surface area contributed by atoms with Gasteiger partial charge in [0.05, 0.1) is 25.5 Å². The van der Waals surface area contributed by atoms with E-state index >= 15 is 0 Å². The molecule has 0 aliphatic carbocycles. The van der Waals surface area contributed by atoms with Crippen LogP contribution in [-0.2, 0) is 0 Å². The quantitative estimate of drug-likeness (QED) is 0.241. The summed E-state index contributed by atoms with van der Waals surface area (Å²) in [4.78, 5) is 2.38. The van der Waals surface area contributed by atoms with Gasteiger partial charge in [0.2, 0.25) is 0 Å². The number of nitriles is 1. The van der Waals surface area contributed by atoms with Gasteiger partial charge in [0.1, 0.15) is 17.6 Å². The SMILES string of the molecule is COc1ccc(-c2c(-c3ccc(Br)cc3)cc(N3CCCCC3)c(C#N)c2-c2ccc(OC)cc2)cc1. The third kappa shape index (κ3) is 5.08. The first-order valence-electron chi connectivity index (χ1n) is 12.5. The lowest BCUT2D eigenvalue weighted by molar-refractivity contribution is 0.414. The first kappa shape index (κ1) is 24.9. The van der Waals surface area contributed by atoms with Crippen LogP contribution in [0.5, 0.6) is 11.5 Å². The van der Waals surface area contributed by atoms with E-state index in [-0.39, 0.29) is 0 Å². The van der Waals surface area contributed by atoms with Crippen molar-refractivity contribution in [2.75, 3.05) is 32.2 Å². The Morgan fingerprint density at radius 3 is 1.73 bits per heavy atom. The van der Waals surface area contributed by atoms with Gasteiger partial charge in [-0.15, -0.1) is 0 Å². The van der Waals surface area contributed by atoms with Crippen LogP contribution in [0.4, 0.5) is 5.69 Å². The van der Waals surface area contributed by atoms with Crippen LogP contribution in [0.2, 0.25) is 0 Å². The lowest BCUT2D eigenvalue weighted by Crippen LogP contribution is -2.30. The summed E-state index contributed by atoms with van der Waals surface area (Å²) in [6.07, 6.45) is 3.50. The number of piperidine rings is 1. The first-order chi connectivity index (χ1) is 18.1. The van der Waals surface area contributed by atoms with Crippen molar-refractivity contribution in [2.45, 2.75) is 19.3 Å². The van der Waals surface area contributed by atoms with Crippen molar-refractivity contribution in [3.63, 3.8) is 0 Å². The molecule has 4 aromatic rings. The van der Waals surface area contributed by atoms with Crippen molar-refractivity contribution in [3.8, 4) is 50.9 Å². The van der Waals surface area contributed by atoms with Crippen LogP contribution in [0.25, 0.3) is 33.4 Å². The number of rotatable bonds is 6. The highest BCUT2D eigenvalue weighted by Crippen LogP contribution is 2.47. The third-order valence-corrected chi connectivity index (χ3v) is 7.56. The molecule has 0 radical (unpaired) electrons. The molecule has 1 saturated heterocycles. The highest BCUT2D eigenvalue weighted by molar-refractivity contribution is 9.10. The Morgan fingerprint density at radius 1 is 0.703 bits per heavy atom. The summed E-state index contributed by atoms with van der Waals surface area (Å²) in [5.74, 6) is 1.58. The van der Waals surface area contributed by atoms with E-state index in [1.807, 2.05) is 36.4 Å². The minimum absolute atomic E-state index is 0.707. The second-order valence-electron chi connectivity index (χ2n) is 9.19. The fourth-order valence-corrected chi connectivity index (χ4v) is 5.39. The maximum atomic E-state index is 10.6. The highest BCUT2D eigenvalue weighted by atomic mass is 79.9.